The smallest absolute Gasteiger partial charge is 0.410 e. The molecule has 2 aliphatic rings. The van der Waals surface area contributed by atoms with E-state index in [1.54, 1.807) is 4.90 Å². The predicted octanol–water partition coefficient (Wildman–Crippen LogP) is 2.34. The van der Waals surface area contributed by atoms with E-state index >= 15 is 0 Å². The van der Waals surface area contributed by atoms with E-state index in [1.807, 2.05) is 20.8 Å². The molecule has 0 aliphatic carbocycles. The summed E-state index contributed by atoms with van der Waals surface area (Å²) in [7, 11) is 0. The molecule has 2 aliphatic heterocycles. The fourth-order valence-corrected chi connectivity index (χ4v) is 2.63. The highest BCUT2D eigenvalue weighted by atomic mass is 16.6. The lowest BCUT2D eigenvalue weighted by Crippen LogP contribution is -2.48. The fraction of sp³-hybridized carbons (Fsp3) is 0.857. The number of rotatable bonds is 0. The molecule has 2 fully saturated rings. The van der Waals surface area contributed by atoms with Gasteiger partial charge in [0.25, 0.3) is 0 Å². The average Bonchev–Trinajstić information content (AvgIpc) is 2.32. The van der Waals surface area contributed by atoms with Gasteiger partial charge in [-0.05, 0) is 40.0 Å². The lowest BCUT2D eigenvalue weighted by molar-refractivity contribution is -0.156. The van der Waals surface area contributed by atoms with Gasteiger partial charge in [0.05, 0.1) is 6.61 Å². The first-order valence-corrected chi connectivity index (χ1v) is 6.93. The lowest BCUT2D eigenvalue weighted by atomic mass is 9.74. The van der Waals surface area contributed by atoms with Crippen molar-refractivity contribution in [2.75, 3.05) is 19.7 Å². The summed E-state index contributed by atoms with van der Waals surface area (Å²) in [6.45, 7) is 7.50. The molecule has 0 aromatic heterocycles. The number of esters is 1. The van der Waals surface area contributed by atoms with Crippen molar-refractivity contribution in [1.29, 1.82) is 0 Å². The lowest BCUT2D eigenvalue weighted by Gasteiger charge is -2.43. The van der Waals surface area contributed by atoms with Crippen molar-refractivity contribution in [3.8, 4) is 0 Å². The van der Waals surface area contributed by atoms with E-state index in [4.69, 9.17) is 9.47 Å². The normalized spacial score (nSPS) is 23.1. The molecule has 0 aromatic carbocycles. The fourth-order valence-electron chi connectivity index (χ4n) is 2.63. The molecule has 1 spiro atoms. The molecule has 108 valence electrons. The summed E-state index contributed by atoms with van der Waals surface area (Å²) in [4.78, 5) is 24.8. The highest BCUT2D eigenvalue weighted by Crippen LogP contribution is 2.39. The van der Waals surface area contributed by atoms with Crippen LogP contribution in [0.3, 0.4) is 0 Å². The Hall–Kier alpha value is -1.26. The van der Waals surface area contributed by atoms with Crippen LogP contribution in [-0.2, 0) is 14.3 Å². The van der Waals surface area contributed by atoms with Crippen LogP contribution in [0.2, 0.25) is 0 Å². The van der Waals surface area contributed by atoms with E-state index < -0.39 is 5.60 Å². The zero-order valence-electron chi connectivity index (χ0n) is 12.0. The minimum atomic E-state index is -0.452. The van der Waals surface area contributed by atoms with Crippen molar-refractivity contribution >= 4 is 12.1 Å². The van der Waals surface area contributed by atoms with Gasteiger partial charge in [-0.15, -0.1) is 0 Å². The first-order valence-electron chi connectivity index (χ1n) is 6.93. The van der Waals surface area contributed by atoms with E-state index in [-0.39, 0.29) is 17.5 Å². The molecule has 19 heavy (non-hydrogen) atoms. The summed E-state index contributed by atoms with van der Waals surface area (Å²) in [6, 6.07) is 0. The topological polar surface area (TPSA) is 55.8 Å². The second kappa shape index (κ2) is 5.02. The minimum absolute atomic E-state index is 0.0897. The summed E-state index contributed by atoms with van der Waals surface area (Å²) in [5.74, 6) is -0.0970. The molecular weight excluding hydrogens is 246 g/mol. The van der Waals surface area contributed by atoms with Crippen molar-refractivity contribution in [3.63, 3.8) is 0 Å². The van der Waals surface area contributed by atoms with Crippen LogP contribution >= 0.6 is 0 Å². The Balaban J connectivity index is 1.85. The van der Waals surface area contributed by atoms with E-state index in [0.29, 0.717) is 26.1 Å². The Morgan fingerprint density at radius 2 is 1.89 bits per heavy atom. The Kier molecular flexibility index (Phi) is 3.74. The number of piperidine rings is 1. The summed E-state index contributed by atoms with van der Waals surface area (Å²) in [5.41, 5.74) is -0.362. The number of hydrogen-bond donors (Lipinski definition) is 0. The second-order valence-corrected chi connectivity index (χ2v) is 6.63. The number of carbonyl (C=O) groups excluding carboxylic acids is 2. The van der Waals surface area contributed by atoms with Gasteiger partial charge < -0.3 is 14.4 Å². The van der Waals surface area contributed by atoms with Crippen LogP contribution in [0.25, 0.3) is 0 Å². The third-order valence-electron chi connectivity index (χ3n) is 3.87. The van der Waals surface area contributed by atoms with Gasteiger partial charge in [-0.3, -0.25) is 4.79 Å². The number of nitrogens with zero attached hydrogens (tertiary/aromatic N) is 1. The average molecular weight is 269 g/mol. The summed E-state index contributed by atoms with van der Waals surface area (Å²) in [5, 5.41) is 0. The molecule has 1 amide bonds. The van der Waals surface area contributed by atoms with Gasteiger partial charge in [0, 0.05) is 24.9 Å². The highest BCUT2D eigenvalue weighted by Gasteiger charge is 2.40. The monoisotopic (exact) mass is 269 g/mol. The van der Waals surface area contributed by atoms with Crippen molar-refractivity contribution in [3.05, 3.63) is 0 Å². The molecule has 2 heterocycles. The molecule has 0 N–H and O–H groups in total. The summed E-state index contributed by atoms with van der Waals surface area (Å²) < 4.78 is 10.5. The molecule has 0 aromatic rings. The quantitative estimate of drug-likeness (QED) is 0.633. The van der Waals surface area contributed by atoms with Crippen LogP contribution in [0.5, 0.6) is 0 Å². The van der Waals surface area contributed by atoms with Gasteiger partial charge in [0.1, 0.15) is 5.60 Å². The molecule has 0 radical (unpaired) electrons. The minimum Gasteiger partial charge on any atom is -0.465 e. The highest BCUT2D eigenvalue weighted by molar-refractivity contribution is 5.70. The number of cyclic esters (lactones) is 1. The number of ether oxygens (including phenoxy) is 2. The Bertz CT molecular complexity index is 352. The molecule has 0 saturated carbocycles. The van der Waals surface area contributed by atoms with E-state index in [0.717, 1.165) is 19.3 Å². The maximum Gasteiger partial charge on any atom is 0.410 e. The molecular formula is C14H23NO4. The van der Waals surface area contributed by atoms with Crippen LogP contribution in [-0.4, -0.2) is 42.3 Å². The summed E-state index contributed by atoms with van der Waals surface area (Å²) >= 11 is 0. The first kappa shape index (κ1) is 14.2. The van der Waals surface area contributed by atoms with Gasteiger partial charge >= 0.3 is 12.1 Å². The molecule has 0 bridgehead atoms. The Morgan fingerprint density at radius 1 is 1.26 bits per heavy atom. The standard InChI is InChI=1S/C14H23NO4/c1-13(2,3)19-12(17)15-8-6-14(7-9-15)5-4-11(16)18-10-14/h4-10H2,1-3H3. The van der Waals surface area contributed by atoms with Crippen LogP contribution in [0.15, 0.2) is 0 Å². The molecule has 0 atom stereocenters. The molecule has 5 nitrogen and oxygen atoms in total. The second-order valence-electron chi connectivity index (χ2n) is 6.63. The predicted molar refractivity (Wildman–Crippen MR) is 69.7 cm³/mol. The first-order chi connectivity index (χ1) is 8.80. The molecule has 5 heteroatoms. The van der Waals surface area contributed by atoms with Crippen molar-refractivity contribution in [1.82, 2.24) is 4.90 Å². The third-order valence-corrected chi connectivity index (χ3v) is 3.87. The summed E-state index contributed by atoms with van der Waals surface area (Å²) in [6.07, 6.45) is 2.93. The van der Waals surface area contributed by atoms with Crippen molar-refractivity contribution in [2.24, 2.45) is 5.41 Å². The maximum absolute atomic E-state index is 12.0. The van der Waals surface area contributed by atoms with Crippen LogP contribution < -0.4 is 0 Å². The van der Waals surface area contributed by atoms with Crippen LogP contribution in [0, 0.1) is 5.41 Å². The van der Waals surface area contributed by atoms with Gasteiger partial charge in [0.15, 0.2) is 0 Å². The number of hydrogen-bond acceptors (Lipinski definition) is 4. The molecule has 0 unspecified atom stereocenters. The Labute approximate surface area is 114 Å². The van der Waals surface area contributed by atoms with Crippen molar-refractivity contribution in [2.45, 2.75) is 52.1 Å². The largest absolute Gasteiger partial charge is 0.465 e. The SMILES string of the molecule is CC(C)(C)OC(=O)N1CCC2(CCC(=O)OC2)CC1. The number of amides is 1. The number of likely N-dealkylation sites (tertiary alicyclic amines) is 1. The van der Waals surface area contributed by atoms with E-state index in [9.17, 15) is 9.59 Å². The van der Waals surface area contributed by atoms with Gasteiger partial charge in [-0.25, -0.2) is 4.79 Å². The Morgan fingerprint density at radius 3 is 2.37 bits per heavy atom. The zero-order chi connectivity index (χ0) is 14.1. The van der Waals surface area contributed by atoms with Gasteiger partial charge in [-0.2, -0.15) is 0 Å². The number of carbonyl (C=O) groups is 2. The van der Waals surface area contributed by atoms with Gasteiger partial charge in [0.2, 0.25) is 0 Å². The van der Waals surface area contributed by atoms with Crippen LogP contribution in [0.4, 0.5) is 4.79 Å². The van der Waals surface area contributed by atoms with E-state index in [2.05, 4.69) is 0 Å². The zero-order valence-corrected chi connectivity index (χ0v) is 12.0. The van der Waals surface area contributed by atoms with Crippen LogP contribution in [0.1, 0.15) is 46.5 Å². The third kappa shape index (κ3) is 3.61. The van der Waals surface area contributed by atoms with Crippen molar-refractivity contribution < 1.29 is 19.1 Å². The molecule has 2 saturated heterocycles. The van der Waals surface area contributed by atoms with Gasteiger partial charge in [-0.1, -0.05) is 0 Å². The molecule has 2 rings (SSSR count). The van der Waals surface area contributed by atoms with E-state index in [1.165, 1.54) is 0 Å². The maximum atomic E-state index is 12.0.